The molecule has 0 aliphatic rings. The van der Waals surface area contributed by atoms with Crippen LogP contribution in [0.25, 0.3) is 0 Å². The van der Waals surface area contributed by atoms with Crippen LogP contribution in [0.4, 0.5) is 5.69 Å². The van der Waals surface area contributed by atoms with Crippen molar-refractivity contribution in [3.63, 3.8) is 0 Å². The quantitative estimate of drug-likeness (QED) is 0.811. The van der Waals surface area contributed by atoms with Crippen molar-refractivity contribution in [2.45, 2.75) is 13.3 Å². The van der Waals surface area contributed by atoms with Crippen LogP contribution in [0, 0.1) is 11.3 Å². The summed E-state index contributed by atoms with van der Waals surface area (Å²) in [5, 5.41) is 9.00. The van der Waals surface area contributed by atoms with Crippen LogP contribution in [-0.4, -0.2) is 9.97 Å². The molecule has 6 heteroatoms. The van der Waals surface area contributed by atoms with E-state index < -0.39 is 0 Å². The molecule has 0 aliphatic carbocycles. The van der Waals surface area contributed by atoms with Crippen molar-refractivity contribution in [2.75, 3.05) is 5.73 Å². The maximum Gasteiger partial charge on any atom is 0.254 e. The molecule has 0 saturated heterocycles. The standard InChI is InChI=1S/C13H12N4O2/c1-2-11-16-12(18)6-13(17-11)19-10-4-3-9(15)5-8(10)7-14/h3-6H,2,15H2,1H3,(H,16,17,18). The number of ether oxygens (including phenoxy) is 1. The molecule has 2 aromatic rings. The summed E-state index contributed by atoms with van der Waals surface area (Å²) in [5.41, 5.74) is 6.05. The van der Waals surface area contributed by atoms with Gasteiger partial charge < -0.3 is 15.5 Å². The van der Waals surface area contributed by atoms with Gasteiger partial charge in [0.05, 0.1) is 11.6 Å². The van der Waals surface area contributed by atoms with E-state index in [1.54, 1.807) is 12.1 Å². The Morgan fingerprint density at radius 1 is 1.47 bits per heavy atom. The van der Waals surface area contributed by atoms with E-state index in [0.29, 0.717) is 29.2 Å². The van der Waals surface area contributed by atoms with Crippen molar-refractivity contribution in [3.8, 4) is 17.7 Å². The van der Waals surface area contributed by atoms with Gasteiger partial charge in [0.15, 0.2) is 0 Å². The first-order valence-corrected chi connectivity index (χ1v) is 5.70. The van der Waals surface area contributed by atoms with E-state index in [9.17, 15) is 4.79 Å². The summed E-state index contributed by atoms with van der Waals surface area (Å²) < 4.78 is 5.47. The average molecular weight is 256 g/mol. The van der Waals surface area contributed by atoms with Gasteiger partial charge in [0.2, 0.25) is 5.88 Å². The Kier molecular flexibility index (Phi) is 3.48. The highest BCUT2D eigenvalue weighted by molar-refractivity contribution is 5.53. The highest BCUT2D eigenvalue weighted by Gasteiger charge is 2.07. The number of benzene rings is 1. The molecule has 0 bridgehead atoms. The molecule has 0 aliphatic heterocycles. The fourth-order valence-electron chi connectivity index (χ4n) is 1.54. The number of rotatable bonds is 3. The molecule has 0 amide bonds. The summed E-state index contributed by atoms with van der Waals surface area (Å²) in [7, 11) is 0. The fourth-order valence-corrected chi connectivity index (χ4v) is 1.54. The zero-order valence-corrected chi connectivity index (χ0v) is 10.3. The second kappa shape index (κ2) is 5.23. The molecule has 2 rings (SSSR count). The molecule has 1 heterocycles. The molecular weight excluding hydrogens is 244 g/mol. The van der Waals surface area contributed by atoms with Crippen LogP contribution in [0.2, 0.25) is 0 Å². The van der Waals surface area contributed by atoms with Gasteiger partial charge in [-0.05, 0) is 18.2 Å². The zero-order chi connectivity index (χ0) is 13.8. The van der Waals surface area contributed by atoms with Gasteiger partial charge in [-0.2, -0.15) is 10.2 Å². The van der Waals surface area contributed by atoms with Crippen LogP contribution >= 0.6 is 0 Å². The van der Waals surface area contributed by atoms with Gasteiger partial charge in [-0.1, -0.05) is 6.92 Å². The smallest absolute Gasteiger partial charge is 0.254 e. The largest absolute Gasteiger partial charge is 0.437 e. The van der Waals surface area contributed by atoms with Crippen LogP contribution in [0.5, 0.6) is 11.6 Å². The third-order valence-electron chi connectivity index (χ3n) is 2.44. The number of aromatic nitrogens is 2. The summed E-state index contributed by atoms with van der Waals surface area (Å²) >= 11 is 0. The van der Waals surface area contributed by atoms with E-state index >= 15 is 0 Å². The van der Waals surface area contributed by atoms with Gasteiger partial charge in [0.25, 0.3) is 5.56 Å². The van der Waals surface area contributed by atoms with Crippen LogP contribution < -0.4 is 16.0 Å². The minimum atomic E-state index is -0.296. The van der Waals surface area contributed by atoms with E-state index in [1.807, 2.05) is 13.0 Å². The molecule has 0 unspecified atom stereocenters. The Balaban J connectivity index is 2.39. The van der Waals surface area contributed by atoms with Crippen LogP contribution in [0.15, 0.2) is 29.1 Å². The van der Waals surface area contributed by atoms with Crippen LogP contribution in [0.1, 0.15) is 18.3 Å². The second-order valence-corrected chi connectivity index (χ2v) is 3.85. The molecule has 0 fully saturated rings. The maximum absolute atomic E-state index is 11.4. The second-order valence-electron chi connectivity index (χ2n) is 3.85. The minimum Gasteiger partial charge on any atom is -0.437 e. The summed E-state index contributed by atoms with van der Waals surface area (Å²) in [6.45, 7) is 1.87. The molecule has 0 spiro atoms. The first-order valence-electron chi connectivity index (χ1n) is 5.70. The lowest BCUT2D eigenvalue weighted by Crippen LogP contribution is -2.10. The topological polar surface area (TPSA) is 105 Å². The predicted molar refractivity (Wildman–Crippen MR) is 69.9 cm³/mol. The van der Waals surface area contributed by atoms with Crippen molar-refractivity contribution in [3.05, 3.63) is 46.0 Å². The summed E-state index contributed by atoms with van der Waals surface area (Å²) in [5.74, 6) is 0.996. The number of nitrogens with zero attached hydrogens (tertiary/aromatic N) is 2. The Hall–Kier alpha value is -2.81. The van der Waals surface area contributed by atoms with E-state index in [4.69, 9.17) is 15.7 Å². The maximum atomic E-state index is 11.4. The number of aromatic amines is 1. The van der Waals surface area contributed by atoms with Crippen molar-refractivity contribution >= 4 is 5.69 Å². The van der Waals surface area contributed by atoms with Gasteiger partial charge in [0.1, 0.15) is 17.6 Å². The number of hydrogen-bond donors (Lipinski definition) is 2. The van der Waals surface area contributed by atoms with Crippen LogP contribution in [-0.2, 0) is 6.42 Å². The monoisotopic (exact) mass is 256 g/mol. The molecule has 0 saturated carbocycles. The first-order chi connectivity index (χ1) is 9.12. The van der Waals surface area contributed by atoms with E-state index in [0.717, 1.165) is 0 Å². The lowest BCUT2D eigenvalue weighted by molar-refractivity contribution is 0.456. The number of anilines is 1. The third kappa shape index (κ3) is 2.90. The molecular formula is C13H12N4O2. The van der Waals surface area contributed by atoms with E-state index in [-0.39, 0.29) is 11.4 Å². The number of H-pyrrole nitrogens is 1. The van der Waals surface area contributed by atoms with Gasteiger partial charge in [-0.25, -0.2) is 0 Å². The Labute approximate surface area is 109 Å². The molecule has 19 heavy (non-hydrogen) atoms. The molecule has 1 aromatic heterocycles. The number of nitrogens with two attached hydrogens (primary N) is 1. The zero-order valence-electron chi connectivity index (χ0n) is 10.3. The van der Waals surface area contributed by atoms with Gasteiger partial charge in [-0.15, -0.1) is 0 Å². The SMILES string of the molecule is CCc1nc(Oc2ccc(N)cc2C#N)cc(=O)[nH]1. The lowest BCUT2D eigenvalue weighted by atomic mass is 10.2. The highest BCUT2D eigenvalue weighted by atomic mass is 16.5. The molecule has 0 atom stereocenters. The van der Waals surface area contributed by atoms with Crippen molar-refractivity contribution in [1.29, 1.82) is 5.26 Å². The molecule has 6 nitrogen and oxygen atoms in total. The number of aryl methyl sites for hydroxylation is 1. The van der Waals surface area contributed by atoms with E-state index in [2.05, 4.69) is 9.97 Å². The summed E-state index contributed by atoms with van der Waals surface area (Å²) in [6, 6.07) is 7.90. The highest BCUT2D eigenvalue weighted by Crippen LogP contribution is 2.24. The average Bonchev–Trinajstić information content (AvgIpc) is 2.40. The molecule has 96 valence electrons. The van der Waals surface area contributed by atoms with Crippen molar-refractivity contribution in [2.24, 2.45) is 0 Å². The Morgan fingerprint density at radius 3 is 2.95 bits per heavy atom. The van der Waals surface area contributed by atoms with Crippen molar-refractivity contribution in [1.82, 2.24) is 9.97 Å². The first kappa shape index (κ1) is 12.6. The van der Waals surface area contributed by atoms with Gasteiger partial charge in [-0.3, -0.25) is 4.79 Å². The number of nitriles is 1. The minimum absolute atomic E-state index is 0.155. The van der Waals surface area contributed by atoms with E-state index in [1.165, 1.54) is 12.1 Å². The molecule has 0 radical (unpaired) electrons. The fraction of sp³-hybridized carbons (Fsp3) is 0.154. The molecule has 1 aromatic carbocycles. The third-order valence-corrected chi connectivity index (χ3v) is 2.44. The van der Waals surface area contributed by atoms with Crippen LogP contribution in [0.3, 0.4) is 0 Å². The van der Waals surface area contributed by atoms with Gasteiger partial charge >= 0.3 is 0 Å². The molecule has 3 N–H and O–H groups in total. The number of nitrogen functional groups attached to an aromatic ring is 1. The number of nitrogens with one attached hydrogen (secondary N) is 1. The normalized spacial score (nSPS) is 9.89. The van der Waals surface area contributed by atoms with Gasteiger partial charge in [0, 0.05) is 12.1 Å². The summed E-state index contributed by atoms with van der Waals surface area (Å²) in [4.78, 5) is 18.1. The predicted octanol–water partition coefficient (Wildman–Crippen LogP) is 1.58. The van der Waals surface area contributed by atoms with Crippen molar-refractivity contribution < 1.29 is 4.74 Å². The lowest BCUT2D eigenvalue weighted by Gasteiger charge is -2.07. The Morgan fingerprint density at radius 2 is 2.26 bits per heavy atom. The summed E-state index contributed by atoms with van der Waals surface area (Å²) in [6.07, 6.45) is 0.583. The number of hydrogen-bond acceptors (Lipinski definition) is 5. The Bertz CT molecular complexity index is 701.